The van der Waals surface area contributed by atoms with Crippen molar-refractivity contribution in [2.75, 3.05) is 29.6 Å². The first-order valence-corrected chi connectivity index (χ1v) is 9.17. The maximum absolute atomic E-state index is 9.92. The molecule has 2 heterocycles. The summed E-state index contributed by atoms with van der Waals surface area (Å²) >= 11 is 0. The Kier molecular flexibility index (Phi) is 4.84. The Balaban J connectivity index is 1.78. The normalized spacial score (nSPS) is 14.7. The number of phenolic OH excluding ortho intramolecular Hbond substituents is 1. The van der Waals surface area contributed by atoms with Crippen LogP contribution in [-0.2, 0) is 0 Å². The van der Waals surface area contributed by atoms with Gasteiger partial charge in [-0.2, -0.15) is 4.98 Å². The second-order valence-corrected chi connectivity index (χ2v) is 6.46. The molecule has 8 nitrogen and oxygen atoms in total. The number of fused-ring (bicyclic) bond motifs is 3. The number of nitrogens with zero attached hydrogens (tertiary/aromatic N) is 3. The molecule has 0 bridgehead atoms. The van der Waals surface area contributed by atoms with Crippen LogP contribution in [0.1, 0.15) is 25.1 Å². The zero-order chi connectivity index (χ0) is 19.5. The molecule has 0 aliphatic carbocycles. The van der Waals surface area contributed by atoms with E-state index in [4.69, 9.17) is 4.74 Å². The molecule has 28 heavy (non-hydrogen) atoms. The lowest BCUT2D eigenvalue weighted by atomic mass is 10.1. The number of anilines is 3. The van der Waals surface area contributed by atoms with E-state index in [0.717, 1.165) is 29.8 Å². The Labute approximate surface area is 163 Å². The third-order valence-corrected chi connectivity index (χ3v) is 4.52. The number of para-hydroxylation sites is 1. The highest BCUT2D eigenvalue weighted by atomic mass is 16.5. The lowest BCUT2D eigenvalue weighted by Gasteiger charge is -2.21. The molecule has 2 aromatic carbocycles. The van der Waals surface area contributed by atoms with Gasteiger partial charge >= 0.3 is 0 Å². The summed E-state index contributed by atoms with van der Waals surface area (Å²) in [4.78, 5) is 4.63. The Morgan fingerprint density at radius 2 is 2.00 bits per heavy atom. The molecule has 144 valence electrons. The van der Waals surface area contributed by atoms with E-state index in [0.29, 0.717) is 23.2 Å². The molecule has 1 aliphatic heterocycles. The highest BCUT2D eigenvalue weighted by Gasteiger charge is 2.24. The number of ether oxygens (including phenoxy) is 1. The molecule has 1 unspecified atom stereocenters. The van der Waals surface area contributed by atoms with Crippen LogP contribution in [0.25, 0.3) is 11.3 Å². The Morgan fingerprint density at radius 1 is 1.14 bits per heavy atom. The van der Waals surface area contributed by atoms with Gasteiger partial charge in [0.05, 0.1) is 7.11 Å². The molecule has 8 heteroatoms. The number of benzene rings is 2. The minimum atomic E-state index is -0.298. The van der Waals surface area contributed by atoms with Crippen molar-refractivity contribution in [2.45, 2.75) is 19.5 Å². The number of nitrogens with one attached hydrogen (secondary N) is 3. The third-order valence-electron chi connectivity index (χ3n) is 4.52. The van der Waals surface area contributed by atoms with Crippen LogP contribution in [0.3, 0.4) is 0 Å². The zero-order valence-electron chi connectivity index (χ0n) is 15.7. The smallest absolute Gasteiger partial charge is 0.244 e. The molecule has 1 aliphatic rings. The zero-order valence-corrected chi connectivity index (χ0v) is 15.7. The molecule has 0 spiro atoms. The molecule has 3 aromatic rings. The van der Waals surface area contributed by atoms with Gasteiger partial charge in [-0.25, -0.2) is 0 Å². The predicted octanol–water partition coefficient (Wildman–Crippen LogP) is 3.61. The van der Waals surface area contributed by atoms with Crippen molar-refractivity contribution >= 4 is 17.5 Å². The third kappa shape index (κ3) is 3.36. The molecule has 0 fully saturated rings. The van der Waals surface area contributed by atoms with Crippen molar-refractivity contribution in [1.82, 2.24) is 15.2 Å². The fourth-order valence-corrected chi connectivity index (χ4v) is 3.10. The molecule has 0 radical (unpaired) electrons. The van der Waals surface area contributed by atoms with Crippen LogP contribution in [0, 0.1) is 0 Å². The Morgan fingerprint density at radius 3 is 2.82 bits per heavy atom. The largest absolute Gasteiger partial charge is 0.504 e. The lowest BCUT2D eigenvalue weighted by Crippen LogP contribution is -2.20. The summed E-state index contributed by atoms with van der Waals surface area (Å²) in [5.41, 5.74) is 3.40. The van der Waals surface area contributed by atoms with Gasteiger partial charge in [0, 0.05) is 17.8 Å². The van der Waals surface area contributed by atoms with E-state index in [1.54, 1.807) is 12.1 Å². The summed E-state index contributed by atoms with van der Waals surface area (Å²) in [5.74, 6) is 1.61. The Bertz CT molecular complexity index is 994. The Hall–Kier alpha value is -3.55. The van der Waals surface area contributed by atoms with E-state index >= 15 is 0 Å². The van der Waals surface area contributed by atoms with Crippen molar-refractivity contribution < 1.29 is 9.84 Å². The highest BCUT2D eigenvalue weighted by Crippen LogP contribution is 2.38. The van der Waals surface area contributed by atoms with Gasteiger partial charge in [0.25, 0.3) is 0 Å². The standard InChI is InChI=1S/C20H22N6O2/c1-3-10-21-20-24-19-17(25-26-20)13-6-4-5-7-14(13)22-18(23-19)12-8-9-15(27)16(11-12)28-2/h4-9,11,18,22,27H,3,10H2,1-2H3,(H2,21,23,24,26). The van der Waals surface area contributed by atoms with E-state index < -0.39 is 0 Å². The summed E-state index contributed by atoms with van der Waals surface area (Å²) in [6.45, 7) is 2.85. The van der Waals surface area contributed by atoms with E-state index in [1.807, 2.05) is 30.3 Å². The van der Waals surface area contributed by atoms with E-state index in [9.17, 15) is 5.11 Å². The fraction of sp³-hybridized carbons (Fsp3) is 0.250. The molecule has 1 atom stereocenters. The maximum atomic E-state index is 9.92. The average Bonchev–Trinajstić information content (AvgIpc) is 2.89. The van der Waals surface area contributed by atoms with Crippen molar-refractivity contribution in [3.63, 3.8) is 0 Å². The van der Waals surface area contributed by atoms with Crippen LogP contribution in [0.5, 0.6) is 11.5 Å². The first-order chi connectivity index (χ1) is 13.7. The molecule has 4 N–H and O–H groups in total. The molecule has 4 rings (SSSR count). The summed E-state index contributed by atoms with van der Waals surface area (Å²) in [6.07, 6.45) is 0.668. The number of aromatic hydroxyl groups is 1. The van der Waals surface area contributed by atoms with E-state index in [2.05, 4.69) is 38.1 Å². The summed E-state index contributed by atoms with van der Waals surface area (Å²) < 4.78 is 5.26. The van der Waals surface area contributed by atoms with Crippen molar-refractivity contribution in [3.05, 3.63) is 48.0 Å². The number of rotatable bonds is 5. The van der Waals surface area contributed by atoms with Crippen molar-refractivity contribution in [1.29, 1.82) is 0 Å². The van der Waals surface area contributed by atoms with Gasteiger partial charge in [0.15, 0.2) is 17.3 Å². The fourth-order valence-electron chi connectivity index (χ4n) is 3.10. The molecule has 1 aromatic heterocycles. The highest BCUT2D eigenvalue weighted by molar-refractivity contribution is 5.84. The van der Waals surface area contributed by atoms with Gasteiger partial charge < -0.3 is 25.8 Å². The molecule has 0 saturated heterocycles. The second-order valence-electron chi connectivity index (χ2n) is 6.46. The van der Waals surface area contributed by atoms with E-state index in [1.165, 1.54) is 7.11 Å². The number of hydrogen-bond acceptors (Lipinski definition) is 8. The molecule has 0 amide bonds. The minimum Gasteiger partial charge on any atom is -0.504 e. The summed E-state index contributed by atoms with van der Waals surface area (Å²) in [5, 5.41) is 28.6. The van der Waals surface area contributed by atoms with Gasteiger partial charge in [-0.15, -0.1) is 10.2 Å². The first-order valence-electron chi connectivity index (χ1n) is 9.17. The van der Waals surface area contributed by atoms with Gasteiger partial charge in [-0.1, -0.05) is 31.2 Å². The summed E-state index contributed by atoms with van der Waals surface area (Å²) in [7, 11) is 1.53. The van der Waals surface area contributed by atoms with Crippen LogP contribution in [0.2, 0.25) is 0 Å². The average molecular weight is 378 g/mol. The van der Waals surface area contributed by atoms with Crippen molar-refractivity contribution in [3.8, 4) is 22.8 Å². The number of aromatic nitrogens is 3. The second kappa shape index (κ2) is 7.59. The monoisotopic (exact) mass is 378 g/mol. The number of hydrogen-bond donors (Lipinski definition) is 4. The van der Waals surface area contributed by atoms with E-state index in [-0.39, 0.29) is 11.9 Å². The van der Waals surface area contributed by atoms with Crippen LogP contribution in [0.4, 0.5) is 17.5 Å². The topological polar surface area (TPSA) is 104 Å². The van der Waals surface area contributed by atoms with Gasteiger partial charge in [-0.05, 0) is 30.2 Å². The molecular weight excluding hydrogens is 356 g/mol. The van der Waals surface area contributed by atoms with Gasteiger partial charge in [0.1, 0.15) is 11.9 Å². The number of methoxy groups -OCH3 is 1. The van der Waals surface area contributed by atoms with Crippen LogP contribution in [-0.4, -0.2) is 33.9 Å². The predicted molar refractivity (Wildman–Crippen MR) is 109 cm³/mol. The van der Waals surface area contributed by atoms with Crippen LogP contribution >= 0.6 is 0 Å². The van der Waals surface area contributed by atoms with Crippen LogP contribution < -0.4 is 20.7 Å². The van der Waals surface area contributed by atoms with Crippen molar-refractivity contribution in [2.24, 2.45) is 0 Å². The van der Waals surface area contributed by atoms with Gasteiger partial charge in [-0.3, -0.25) is 0 Å². The van der Waals surface area contributed by atoms with Crippen LogP contribution in [0.15, 0.2) is 42.5 Å². The molecule has 0 saturated carbocycles. The first kappa shape index (κ1) is 17.8. The SMILES string of the molecule is CCCNc1nnc2c(n1)NC(c1ccc(O)c(OC)c1)Nc1ccccc1-2. The minimum absolute atomic E-state index is 0.0933. The lowest BCUT2D eigenvalue weighted by molar-refractivity contribution is 0.373. The molecular formula is C20H22N6O2. The number of phenols is 1. The van der Waals surface area contributed by atoms with Gasteiger partial charge in [0.2, 0.25) is 5.95 Å². The maximum Gasteiger partial charge on any atom is 0.244 e. The summed E-state index contributed by atoms with van der Waals surface area (Å²) in [6, 6.07) is 13.1. The quantitative estimate of drug-likeness (QED) is 0.534.